The summed E-state index contributed by atoms with van der Waals surface area (Å²) in [5, 5.41) is 11.9. The molecule has 2 aliphatic rings. The van der Waals surface area contributed by atoms with Crippen LogP contribution in [0.2, 0.25) is 0 Å². The molecule has 39 heavy (non-hydrogen) atoms. The molecule has 1 N–H and O–H groups in total. The highest BCUT2D eigenvalue weighted by molar-refractivity contribution is 9.10. The Morgan fingerprint density at radius 3 is 2.38 bits per heavy atom. The van der Waals surface area contributed by atoms with Crippen molar-refractivity contribution in [3.63, 3.8) is 0 Å². The van der Waals surface area contributed by atoms with E-state index in [4.69, 9.17) is 4.42 Å². The average molecular weight is 586 g/mol. The van der Waals surface area contributed by atoms with Gasteiger partial charge in [-0.25, -0.2) is 0 Å². The molecule has 3 aromatic carbocycles. The smallest absolute Gasteiger partial charge is 0.294 e. The average Bonchev–Trinajstić information content (AvgIpc) is 3.47. The van der Waals surface area contributed by atoms with Crippen molar-refractivity contribution in [1.29, 1.82) is 0 Å². The zero-order valence-electron chi connectivity index (χ0n) is 21.7. The number of furan rings is 1. The minimum absolute atomic E-state index is 0.00636. The molecule has 0 saturated carbocycles. The summed E-state index contributed by atoms with van der Waals surface area (Å²) < 4.78 is 6.72. The number of fused-ring (bicyclic) bond motifs is 1. The molecule has 7 nitrogen and oxygen atoms in total. The molecule has 2 aliphatic heterocycles. The van der Waals surface area contributed by atoms with E-state index in [0.717, 1.165) is 52.9 Å². The van der Waals surface area contributed by atoms with Crippen LogP contribution in [0.4, 0.5) is 11.4 Å². The van der Waals surface area contributed by atoms with Crippen molar-refractivity contribution in [3.05, 3.63) is 105 Å². The predicted octanol–water partition coefficient (Wildman–Crippen LogP) is 6.04. The van der Waals surface area contributed by atoms with Gasteiger partial charge in [-0.05, 0) is 68.1 Å². The first-order chi connectivity index (χ1) is 18.8. The molecule has 1 amide bonds. The van der Waals surface area contributed by atoms with Gasteiger partial charge < -0.3 is 19.3 Å². The van der Waals surface area contributed by atoms with Crippen LogP contribution in [0.1, 0.15) is 27.7 Å². The Kier molecular flexibility index (Phi) is 6.53. The maximum Gasteiger partial charge on any atom is 0.294 e. The lowest BCUT2D eigenvalue weighted by molar-refractivity contribution is -0.117. The van der Waals surface area contributed by atoms with Crippen LogP contribution < -0.4 is 9.80 Å². The molecule has 8 heteroatoms. The lowest BCUT2D eigenvalue weighted by Gasteiger charge is -2.34. The Morgan fingerprint density at radius 1 is 0.949 bits per heavy atom. The molecule has 0 radical (unpaired) electrons. The number of hydrogen-bond donors (Lipinski definition) is 1. The number of benzene rings is 3. The molecule has 1 atom stereocenters. The zero-order chi connectivity index (χ0) is 27.3. The van der Waals surface area contributed by atoms with Crippen molar-refractivity contribution in [2.45, 2.75) is 13.0 Å². The Morgan fingerprint density at radius 2 is 1.67 bits per heavy atom. The van der Waals surface area contributed by atoms with Crippen LogP contribution >= 0.6 is 15.9 Å². The van der Waals surface area contributed by atoms with Gasteiger partial charge in [-0.3, -0.25) is 14.5 Å². The highest BCUT2D eigenvalue weighted by atomic mass is 79.9. The number of amides is 1. The number of halogens is 1. The number of aliphatic hydroxyl groups excluding tert-OH is 1. The van der Waals surface area contributed by atoms with Crippen LogP contribution in [-0.2, 0) is 4.79 Å². The highest BCUT2D eigenvalue weighted by Gasteiger charge is 2.45. The molecule has 4 aromatic rings. The van der Waals surface area contributed by atoms with Crippen molar-refractivity contribution >= 4 is 50.0 Å². The highest BCUT2D eigenvalue weighted by Crippen LogP contribution is 2.43. The van der Waals surface area contributed by atoms with Gasteiger partial charge in [-0.15, -0.1) is 0 Å². The van der Waals surface area contributed by atoms with E-state index in [9.17, 15) is 14.7 Å². The third kappa shape index (κ3) is 4.64. The lowest BCUT2D eigenvalue weighted by atomic mass is 9.94. The van der Waals surface area contributed by atoms with E-state index in [0.29, 0.717) is 11.3 Å². The Bertz CT molecular complexity index is 1620. The fraction of sp³-hybridized carbons (Fsp3) is 0.226. The second-order valence-corrected chi connectivity index (χ2v) is 11.1. The lowest BCUT2D eigenvalue weighted by Crippen LogP contribution is -2.44. The summed E-state index contributed by atoms with van der Waals surface area (Å²) in [4.78, 5) is 33.6. The van der Waals surface area contributed by atoms with Gasteiger partial charge in [0.05, 0.1) is 11.6 Å². The summed E-state index contributed by atoms with van der Waals surface area (Å²) in [5.41, 5.74) is 3.95. The van der Waals surface area contributed by atoms with E-state index in [2.05, 4.69) is 32.8 Å². The molecule has 1 fully saturated rings. The first-order valence-electron chi connectivity index (χ1n) is 12.9. The van der Waals surface area contributed by atoms with Crippen molar-refractivity contribution in [3.8, 4) is 0 Å². The SMILES string of the molecule is Cc1cccc(C2C(C(=O)c3cc4cc(Br)ccc4o3)=C(O)C(=O)N2c2ccc(N3CCN(C)CC3)cc2)c1. The van der Waals surface area contributed by atoms with Gasteiger partial charge >= 0.3 is 0 Å². The van der Waals surface area contributed by atoms with E-state index in [-0.39, 0.29) is 11.3 Å². The topological polar surface area (TPSA) is 77.2 Å². The maximum atomic E-state index is 13.9. The number of carbonyl (C=O) groups excluding carboxylic acids is 2. The van der Waals surface area contributed by atoms with E-state index in [1.807, 2.05) is 67.6 Å². The maximum absolute atomic E-state index is 13.9. The minimum atomic E-state index is -0.806. The van der Waals surface area contributed by atoms with Gasteiger partial charge in [0, 0.05) is 47.4 Å². The number of carbonyl (C=O) groups is 2. The van der Waals surface area contributed by atoms with Gasteiger partial charge in [-0.2, -0.15) is 0 Å². The minimum Gasteiger partial charge on any atom is -0.503 e. The first kappa shape index (κ1) is 25.4. The van der Waals surface area contributed by atoms with Crippen molar-refractivity contribution < 1.29 is 19.1 Å². The quantitative estimate of drug-likeness (QED) is 0.288. The normalized spacial score (nSPS) is 18.4. The standard InChI is InChI=1S/C31H28BrN3O4/c1-19-4-3-5-20(16-19)28-27(29(36)26-18-21-17-22(32)6-11-25(21)39-26)30(37)31(38)35(28)24-9-7-23(8-10-24)34-14-12-33(2)13-15-34/h3-11,16-18,28,37H,12-15H2,1-2H3. The number of ketones is 1. The molecule has 1 unspecified atom stereocenters. The van der Waals surface area contributed by atoms with Crippen LogP contribution in [0.15, 0.2) is 93.0 Å². The van der Waals surface area contributed by atoms with Crippen LogP contribution in [0.5, 0.6) is 0 Å². The number of likely N-dealkylation sites (N-methyl/N-ethyl adjacent to an activating group) is 1. The number of piperazine rings is 1. The number of rotatable bonds is 5. The molecule has 6 rings (SSSR count). The molecular formula is C31H28BrN3O4. The predicted molar refractivity (Wildman–Crippen MR) is 155 cm³/mol. The second kappa shape index (κ2) is 10.0. The number of anilines is 2. The zero-order valence-corrected chi connectivity index (χ0v) is 23.3. The number of hydrogen-bond acceptors (Lipinski definition) is 6. The van der Waals surface area contributed by atoms with Gasteiger partial charge in [0.15, 0.2) is 11.5 Å². The van der Waals surface area contributed by atoms with Gasteiger partial charge in [-0.1, -0.05) is 45.8 Å². The Labute approximate surface area is 235 Å². The van der Waals surface area contributed by atoms with Crippen LogP contribution in [0.3, 0.4) is 0 Å². The molecule has 0 aliphatic carbocycles. The van der Waals surface area contributed by atoms with Crippen molar-refractivity contribution in [2.75, 3.05) is 43.0 Å². The Balaban J connectivity index is 1.40. The molecule has 3 heterocycles. The third-order valence-electron chi connectivity index (χ3n) is 7.51. The monoisotopic (exact) mass is 585 g/mol. The molecule has 0 bridgehead atoms. The van der Waals surface area contributed by atoms with Crippen molar-refractivity contribution in [2.24, 2.45) is 0 Å². The third-order valence-corrected chi connectivity index (χ3v) is 8.00. The summed E-state index contributed by atoms with van der Waals surface area (Å²) in [7, 11) is 2.12. The molecule has 1 aromatic heterocycles. The van der Waals surface area contributed by atoms with Crippen molar-refractivity contribution in [1.82, 2.24) is 4.90 Å². The Hall–Kier alpha value is -3.88. The number of Topliss-reactive ketones (excluding diaryl/α,β-unsaturated/α-hetero) is 1. The van der Waals surface area contributed by atoms with Crippen LogP contribution in [-0.4, -0.2) is 54.9 Å². The summed E-state index contributed by atoms with van der Waals surface area (Å²) in [6.07, 6.45) is 0. The van der Waals surface area contributed by atoms with E-state index >= 15 is 0 Å². The summed E-state index contributed by atoms with van der Waals surface area (Å²) in [6.45, 7) is 5.80. The fourth-order valence-electron chi connectivity index (χ4n) is 5.41. The summed E-state index contributed by atoms with van der Waals surface area (Å²) in [6, 6.07) is 21.7. The van der Waals surface area contributed by atoms with E-state index in [1.54, 1.807) is 12.1 Å². The van der Waals surface area contributed by atoms with E-state index < -0.39 is 23.5 Å². The van der Waals surface area contributed by atoms with Gasteiger partial charge in [0.2, 0.25) is 5.78 Å². The van der Waals surface area contributed by atoms with Crippen LogP contribution in [0.25, 0.3) is 11.0 Å². The fourth-order valence-corrected chi connectivity index (χ4v) is 5.79. The van der Waals surface area contributed by atoms with E-state index in [1.165, 1.54) is 4.90 Å². The number of nitrogens with zero attached hydrogens (tertiary/aromatic N) is 3. The first-order valence-corrected chi connectivity index (χ1v) is 13.7. The van der Waals surface area contributed by atoms with Crippen LogP contribution in [0, 0.1) is 6.92 Å². The number of aryl methyl sites for hydroxylation is 1. The number of aliphatic hydroxyl groups is 1. The molecule has 1 saturated heterocycles. The molecule has 0 spiro atoms. The summed E-state index contributed by atoms with van der Waals surface area (Å²) >= 11 is 3.44. The second-order valence-electron chi connectivity index (χ2n) is 10.2. The molecular weight excluding hydrogens is 558 g/mol. The van der Waals surface area contributed by atoms with Gasteiger partial charge in [0.25, 0.3) is 5.91 Å². The van der Waals surface area contributed by atoms with Gasteiger partial charge in [0.1, 0.15) is 5.58 Å². The molecule has 198 valence electrons. The largest absolute Gasteiger partial charge is 0.503 e. The summed E-state index contributed by atoms with van der Waals surface area (Å²) in [5.74, 6) is -1.62.